The first-order valence-corrected chi connectivity index (χ1v) is 9.02. The SMILES string of the molecule is NC(N)=NCCC[C@@H](NCc1c2ccccc2[n+]([O-])c2ccccc12)C(=O)O. The average molecular weight is 381 g/mol. The first-order valence-electron chi connectivity index (χ1n) is 9.02. The Morgan fingerprint density at radius 1 is 1.11 bits per heavy atom. The van der Waals surface area contributed by atoms with Gasteiger partial charge in [-0.3, -0.25) is 9.79 Å². The molecule has 6 N–H and O–H groups in total. The first-order chi connectivity index (χ1) is 13.5. The molecular formula is C20H23N5O3. The zero-order valence-corrected chi connectivity index (χ0v) is 15.3. The number of nitrogens with two attached hydrogens (primary N) is 2. The summed E-state index contributed by atoms with van der Waals surface area (Å²) in [5.41, 5.74) is 12.6. The molecule has 3 aromatic rings. The van der Waals surface area contributed by atoms with Crippen LogP contribution in [0.3, 0.4) is 0 Å². The zero-order valence-electron chi connectivity index (χ0n) is 15.3. The highest BCUT2D eigenvalue weighted by Crippen LogP contribution is 2.24. The predicted molar refractivity (Wildman–Crippen MR) is 109 cm³/mol. The minimum Gasteiger partial charge on any atom is -0.618 e. The predicted octanol–water partition coefficient (Wildman–Crippen LogP) is 1.22. The molecule has 1 atom stereocenters. The number of hydrogen-bond donors (Lipinski definition) is 4. The number of fused-ring (bicyclic) bond motifs is 2. The van der Waals surface area contributed by atoms with E-state index in [4.69, 9.17) is 11.5 Å². The van der Waals surface area contributed by atoms with Crippen molar-refractivity contribution in [3.63, 3.8) is 0 Å². The van der Waals surface area contributed by atoms with Crippen molar-refractivity contribution in [3.05, 3.63) is 59.3 Å². The highest BCUT2D eigenvalue weighted by Gasteiger charge is 2.20. The van der Waals surface area contributed by atoms with Crippen LogP contribution >= 0.6 is 0 Å². The number of nitrogens with zero attached hydrogens (tertiary/aromatic N) is 2. The topological polar surface area (TPSA) is 141 Å². The van der Waals surface area contributed by atoms with Crippen LogP contribution in [0.1, 0.15) is 18.4 Å². The summed E-state index contributed by atoms with van der Waals surface area (Å²) < 4.78 is 0.915. The van der Waals surface area contributed by atoms with Crippen molar-refractivity contribution < 1.29 is 14.6 Å². The van der Waals surface area contributed by atoms with Crippen LogP contribution < -0.4 is 21.5 Å². The van der Waals surface area contributed by atoms with E-state index in [1.54, 1.807) is 12.1 Å². The van der Waals surface area contributed by atoms with Crippen molar-refractivity contribution in [2.45, 2.75) is 25.4 Å². The summed E-state index contributed by atoms with van der Waals surface area (Å²) in [6.07, 6.45) is 0.926. The number of aliphatic carboxylic acids is 1. The van der Waals surface area contributed by atoms with Crippen LogP contribution in [-0.2, 0) is 11.3 Å². The van der Waals surface area contributed by atoms with Gasteiger partial charge >= 0.3 is 5.97 Å². The smallest absolute Gasteiger partial charge is 0.320 e. The maximum absolute atomic E-state index is 12.7. The highest BCUT2D eigenvalue weighted by atomic mass is 16.5. The highest BCUT2D eigenvalue weighted by molar-refractivity contribution is 5.94. The third-order valence-corrected chi connectivity index (χ3v) is 4.66. The van der Waals surface area contributed by atoms with Crippen molar-refractivity contribution in [3.8, 4) is 0 Å². The lowest BCUT2D eigenvalue weighted by Crippen LogP contribution is -2.37. The monoisotopic (exact) mass is 381 g/mol. The molecule has 1 heterocycles. The molecule has 8 nitrogen and oxygen atoms in total. The number of carboxylic acids is 1. The number of hydrogen-bond acceptors (Lipinski definition) is 4. The molecule has 0 bridgehead atoms. The molecule has 0 spiro atoms. The number of para-hydroxylation sites is 2. The lowest BCUT2D eigenvalue weighted by Gasteiger charge is -2.17. The first kappa shape index (κ1) is 19.4. The molecule has 3 rings (SSSR count). The van der Waals surface area contributed by atoms with Gasteiger partial charge in [0.15, 0.2) is 5.96 Å². The standard InChI is InChI=1S/C20H23N5O3/c21-20(22)23-11-5-8-16(19(26)27)24-12-15-13-6-1-3-9-17(13)25(28)18-10-4-2-7-14(15)18/h1-4,6-7,9-10,16,24H,5,8,11-12H2,(H,26,27)(H4,21,22,23)/t16-/m1/s1. The summed E-state index contributed by atoms with van der Waals surface area (Å²) >= 11 is 0. The fourth-order valence-corrected chi connectivity index (χ4v) is 3.32. The lowest BCUT2D eigenvalue weighted by atomic mass is 10.0. The van der Waals surface area contributed by atoms with E-state index < -0.39 is 12.0 Å². The molecule has 0 aliphatic rings. The van der Waals surface area contributed by atoms with Crippen LogP contribution in [0.25, 0.3) is 21.8 Å². The molecule has 2 aromatic carbocycles. The van der Waals surface area contributed by atoms with Crippen LogP contribution in [0.15, 0.2) is 53.5 Å². The van der Waals surface area contributed by atoms with E-state index in [9.17, 15) is 15.1 Å². The number of rotatable bonds is 8. The van der Waals surface area contributed by atoms with E-state index in [0.717, 1.165) is 21.1 Å². The fraction of sp³-hybridized carbons (Fsp3) is 0.250. The van der Waals surface area contributed by atoms with Gasteiger partial charge in [-0.1, -0.05) is 24.3 Å². The summed E-state index contributed by atoms with van der Waals surface area (Å²) in [7, 11) is 0. The molecule has 0 amide bonds. The lowest BCUT2D eigenvalue weighted by molar-refractivity contribution is -0.547. The van der Waals surface area contributed by atoms with E-state index in [2.05, 4.69) is 10.3 Å². The summed E-state index contributed by atoms with van der Waals surface area (Å²) in [6.45, 7) is 0.697. The number of guanidine groups is 1. The molecular weight excluding hydrogens is 358 g/mol. The Morgan fingerprint density at radius 3 is 2.21 bits per heavy atom. The van der Waals surface area contributed by atoms with Gasteiger partial charge in [0.05, 0.1) is 10.8 Å². The summed E-state index contributed by atoms with van der Waals surface area (Å²) in [5, 5.41) is 26.9. The largest absolute Gasteiger partial charge is 0.618 e. The Balaban J connectivity index is 1.89. The number of pyridine rings is 1. The van der Waals surface area contributed by atoms with E-state index >= 15 is 0 Å². The Kier molecular flexibility index (Phi) is 5.90. The van der Waals surface area contributed by atoms with E-state index in [-0.39, 0.29) is 5.96 Å². The summed E-state index contributed by atoms with van der Waals surface area (Å²) in [6, 6.07) is 13.9. The van der Waals surface area contributed by atoms with Gasteiger partial charge in [0, 0.05) is 25.2 Å². The Morgan fingerprint density at radius 2 is 1.68 bits per heavy atom. The summed E-state index contributed by atoms with van der Waals surface area (Å²) in [4.78, 5) is 15.5. The number of carboxylic acid groups (broad SMARTS) is 1. The Labute approximate surface area is 162 Å². The number of benzene rings is 2. The van der Waals surface area contributed by atoms with Crippen molar-refractivity contribution in [1.82, 2.24) is 5.32 Å². The van der Waals surface area contributed by atoms with Crippen molar-refractivity contribution in [1.29, 1.82) is 0 Å². The second kappa shape index (κ2) is 8.53. The van der Waals surface area contributed by atoms with E-state index in [1.165, 1.54) is 0 Å². The van der Waals surface area contributed by atoms with E-state index in [0.29, 0.717) is 37.0 Å². The maximum Gasteiger partial charge on any atom is 0.320 e. The molecule has 0 saturated carbocycles. The number of aliphatic imine (C=N–C) groups is 1. The van der Waals surface area contributed by atoms with Crippen molar-refractivity contribution in [2.24, 2.45) is 16.5 Å². The molecule has 0 radical (unpaired) electrons. The molecule has 146 valence electrons. The van der Waals surface area contributed by atoms with Gasteiger partial charge in [-0.25, -0.2) is 0 Å². The Bertz CT molecular complexity index is 974. The van der Waals surface area contributed by atoms with Crippen molar-refractivity contribution >= 4 is 33.7 Å². The average Bonchev–Trinajstić information content (AvgIpc) is 2.69. The second-order valence-corrected chi connectivity index (χ2v) is 6.53. The molecule has 0 unspecified atom stereocenters. The number of aromatic nitrogens is 1. The zero-order chi connectivity index (χ0) is 20.1. The van der Waals surface area contributed by atoms with Crippen molar-refractivity contribution in [2.75, 3.05) is 6.54 Å². The fourth-order valence-electron chi connectivity index (χ4n) is 3.32. The minimum absolute atomic E-state index is 0.00650. The molecule has 0 aliphatic carbocycles. The van der Waals surface area contributed by atoms with Gasteiger partial charge in [-0.15, -0.1) is 0 Å². The maximum atomic E-state index is 12.7. The van der Waals surface area contributed by atoms with Gasteiger partial charge in [0.1, 0.15) is 6.04 Å². The quantitative estimate of drug-likeness (QED) is 0.115. The Hall–Kier alpha value is -3.39. The van der Waals surface area contributed by atoms with Gasteiger partial charge in [-0.2, -0.15) is 4.73 Å². The minimum atomic E-state index is -0.937. The number of nitrogens with one attached hydrogen (secondary N) is 1. The third kappa shape index (κ3) is 4.12. The van der Waals surface area contributed by atoms with Crippen LogP contribution in [0.4, 0.5) is 0 Å². The van der Waals surface area contributed by atoms with E-state index in [1.807, 2.05) is 36.4 Å². The van der Waals surface area contributed by atoms with Gasteiger partial charge in [0.2, 0.25) is 11.0 Å². The van der Waals surface area contributed by atoms with Crippen LogP contribution in [0.5, 0.6) is 0 Å². The van der Waals surface area contributed by atoms with Gasteiger partial charge < -0.3 is 27.1 Å². The molecule has 28 heavy (non-hydrogen) atoms. The summed E-state index contributed by atoms with van der Waals surface area (Å²) in [5.74, 6) is -0.943. The number of carbonyl (C=O) groups is 1. The van der Waals surface area contributed by atoms with Crippen LogP contribution in [0, 0.1) is 5.21 Å². The van der Waals surface area contributed by atoms with Gasteiger partial charge in [-0.05, 0) is 30.5 Å². The van der Waals surface area contributed by atoms with Crippen LogP contribution in [-0.4, -0.2) is 29.6 Å². The van der Waals surface area contributed by atoms with Gasteiger partial charge in [0.25, 0.3) is 0 Å². The molecule has 1 aromatic heterocycles. The molecule has 0 fully saturated rings. The molecule has 8 heteroatoms. The molecule has 0 saturated heterocycles. The van der Waals surface area contributed by atoms with Crippen LogP contribution in [0.2, 0.25) is 0 Å². The third-order valence-electron chi connectivity index (χ3n) is 4.66. The normalized spacial score (nSPS) is 12.1. The molecule has 0 aliphatic heterocycles. The second-order valence-electron chi connectivity index (χ2n) is 6.53.